The summed E-state index contributed by atoms with van der Waals surface area (Å²) in [4.78, 5) is 29.1. The summed E-state index contributed by atoms with van der Waals surface area (Å²) < 4.78 is 5.51. The fourth-order valence-corrected chi connectivity index (χ4v) is 3.16. The van der Waals surface area contributed by atoms with Gasteiger partial charge in [0.1, 0.15) is 5.41 Å². The fourth-order valence-electron chi connectivity index (χ4n) is 3.16. The van der Waals surface area contributed by atoms with Gasteiger partial charge in [-0.05, 0) is 32.7 Å². The van der Waals surface area contributed by atoms with Crippen LogP contribution in [0.25, 0.3) is 0 Å². The third kappa shape index (κ3) is 3.06. The van der Waals surface area contributed by atoms with Crippen LogP contribution in [-0.2, 0) is 14.3 Å². The maximum Gasteiger partial charge on any atom is 0.238 e. The molecule has 3 fully saturated rings. The van der Waals surface area contributed by atoms with Crippen molar-refractivity contribution in [3.05, 3.63) is 0 Å². The minimum Gasteiger partial charge on any atom is -0.376 e. The van der Waals surface area contributed by atoms with E-state index in [9.17, 15) is 9.59 Å². The van der Waals surface area contributed by atoms with Crippen LogP contribution in [-0.4, -0.2) is 74.1 Å². The lowest BCUT2D eigenvalue weighted by Crippen LogP contribution is -2.52. The van der Waals surface area contributed by atoms with Gasteiger partial charge in [-0.1, -0.05) is 0 Å². The molecule has 2 amide bonds. The molecule has 3 rings (SSSR count). The molecule has 21 heavy (non-hydrogen) atoms. The SMILES string of the molecule is CN1CCN(C(=O)C2(C(=O)NCC3CCCO3)CC2)CC1. The van der Waals surface area contributed by atoms with Gasteiger partial charge in [0.15, 0.2) is 0 Å². The summed E-state index contributed by atoms with van der Waals surface area (Å²) in [6.07, 6.45) is 3.57. The van der Waals surface area contributed by atoms with Crippen LogP contribution < -0.4 is 5.32 Å². The van der Waals surface area contributed by atoms with Crippen LogP contribution in [0.5, 0.6) is 0 Å². The first kappa shape index (κ1) is 14.8. The molecule has 1 unspecified atom stereocenters. The number of rotatable bonds is 4. The molecule has 1 N–H and O–H groups in total. The van der Waals surface area contributed by atoms with Gasteiger partial charge in [-0.15, -0.1) is 0 Å². The van der Waals surface area contributed by atoms with Gasteiger partial charge in [-0.2, -0.15) is 0 Å². The van der Waals surface area contributed by atoms with E-state index in [2.05, 4.69) is 17.3 Å². The number of likely N-dealkylation sites (N-methyl/N-ethyl adjacent to an activating group) is 1. The van der Waals surface area contributed by atoms with E-state index >= 15 is 0 Å². The van der Waals surface area contributed by atoms with Gasteiger partial charge in [-0.3, -0.25) is 9.59 Å². The highest BCUT2D eigenvalue weighted by Crippen LogP contribution is 2.47. The number of amides is 2. The summed E-state index contributed by atoms with van der Waals surface area (Å²) in [5.41, 5.74) is -0.769. The number of hydrogen-bond donors (Lipinski definition) is 1. The van der Waals surface area contributed by atoms with Gasteiger partial charge in [0, 0.05) is 39.3 Å². The molecule has 3 aliphatic rings. The predicted octanol–water partition coefficient (Wildman–Crippen LogP) is -0.164. The second-order valence-electron chi connectivity index (χ2n) is 6.52. The van der Waals surface area contributed by atoms with Gasteiger partial charge >= 0.3 is 0 Å². The maximum atomic E-state index is 12.6. The van der Waals surface area contributed by atoms with E-state index in [1.54, 1.807) is 0 Å². The van der Waals surface area contributed by atoms with Crippen molar-refractivity contribution >= 4 is 11.8 Å². The van der Waals surface area contributed by atoms with Crippen molar-refractivity contribution in [2.24, 2.45) is 5.41 Å². The van der Waals surface area contributed by atoms with Crippen LogP contribution in [0, 0.1) is 5.41 Å². The highest BCUT2D eigenvalue weighted by Gasteiger charge is 2.58. The average molecular weight is 295 g/mol. The van der Waals surface area contributed by atoms with Crippen molar-refractivity contribution in [1.29, 1.82) is 0 Å². The van der Waals surface area contributed by atoms with Crippen LogP contribution in [0.4, 0.5) is 0 Å². The Morgan fingerprint density at radius 2 is 1.95 bits per heavy atom. The van der Waals surface area contributed by atoms with Crippen molar-refractivity contribution < 1.29 is 14.3 Å². The Hall–Kier alpha value is -1.14. The molecule has 0 radical (unpaired) electrons. The molecule has 1 aliphatic carbocycles. The molecule has 0 bridgehead atoms. The van der Waals surface area contributed by atoms with Gasteiger partial charge < -0.3 is 19.9 Å². The third-order valence-corrected chi connectivity index (χ3v) is 4.90. The molecule has 0 aromatic carbocycles. The number of piperazine rings is 1. The summed E-state index contributed by atoms with van der Waals surface area (Å²) in [6, 6.07) is 0. The molecule has 1 saturated carbocycles. The van der Waals surface area contributed by atoms with Gasteiger partial charge in [-0.25, -0.2) is 0 Å². The highest BCUT2D eigenvalue weighted by molar-refractivity contribution is 6.07. The van der Waals surface area contributed by atoms with Crippen LogP contribution >= 0.6 is 0 Å². The minimum atomic E-state index is -0.769. The summed E-state index contributed by atoms with van der Waals surface area (Å²) in [7, 11) is 2.06. The first-order valence-corrected chi connectivity index (χ1v) is 8.00. The van der Waals surface area contributed by atoms with Crippen molar-refractivity contribution in [3.63, 3.8) is 0 Å². The van der Waals surface area contributed by atoms with E-state index in [0.717, 1.165) is 45.6 Å². The Balaban J connectivity index is 1.53. The number of hydrogen-bond acceptors (Lipinski definition) is 4. The molecule has 1 atom stereocenters. The Morgan fingerprint density at radius 3 is 2.52 bits per heavy atom. The molecule has 0 aromatic rings. The summed E-state index contributed by atoms with van der Waals surface area (Å²) >= 11 is 0. The van der Waals surface area contributed by atoms with E-state index in [4.69, 9.17) is 4.74 Å². The molecule has 6 nitrogen and oxygen atoms in total. The molecular weight excluding hydrogens is 270 g/mol. The molecular formula is C15H25N3O3. The topological polar surface area (TPSA) is 61.9 Å². The molecule has 2 aliphatic heterocycles. The lowest BCUT2D eigenvalue weighted by molar-refractivity contribution is -0.145. The Labute approximate surface area is 125 Å². The van der Waals surface area contributed by atoms with E-state index in [1.165, 1.54) is 0 Å². The first-order valence-electron chi connectivity index (χ1n) is 8.00. The molecule has 118 valence electrons. The normalized spacial score (nSPS) is 28.4. The number of carbonyl (C=O) groups is 2. The predicted molar refractivity (Wildman–Crippen MR) is 77.7 cm³/mol. The largest absolute Gasteiger partial charge is 0.376 e. The standard InChI is InChI=1S/C15H25N3O3/c1-17-6-8-18(9-7-17)14(20)15(4-5-15)13(19)16-11-12-3-2-10-21-12/h12H,2-11H2,1H3,(H,16,19). The molecule has 2 heterocycles. The monoisotopic (exact) mass is 295 g/mol. The third-order valence-electron chi connectivity index (χ3n) is 4.90. The van der Waals surface area contributed by atoms with E-state index in [0.29, 0.717) is 19.4 Å². The van der Waals surface area contributed by atoms with Crippen molar-refractivity contribution in [2.75, 3.05) is 46.4 Å². The summed E-state index contributed by atoms with van der Waals surface area (Å²) in [6.45, 7) is 4.56. The highest BCUT2D eigenvalue weighted by atomic mass is 16.5. The Kier molecular flexibility index (Phi) is 4.17. The fraction of sp³-hybridized carbons (Fsp3) is 0.867. The lowest BCUT2D eigenvalue weighted by atomic mass is 10.0. The van der Waals surface area contributed by atoms with E-state index < -0.39 is 5.41 Å². The Morgan fingerprint density at radius 1 is 1.24 bits per heavy atom. The number of ether oxygens (including phenoxy) is 1. The van der Waals surface area contributed by atoms with Gasteiger partial charge in [0.25, 0.3) is 0 Å². The lowest BCUT2D eigenvalue weighted by Gasteiger charge is -2.34. The number of carbonyl (C=O) groups excluding carboxylic acids is 2. The van der Waals surface area contributed by atoms with E-state index in [-0.39, 0.29) is 17.9 Å². The quantitative estimate of drug-likeness (QED) is 0.732. The number of nitrogens with one attached hydrogen (secondary N) is 1. The van der Waals surface area contributed by atoms with Crippen molar-refractivity contribution in [2.45, 2.75) is 31.8 Å². The molecule has 6 heteroatoms. The van der Waals surface area contributed by atoms with Crippen LogP contribution in [0.15, 0.2) is 0 Å². The molecule has 2 saturated heterocycles. The zero-order valence-corrected chi connectivity index (χ0v) is 12.8. The van der Waals surface area contributed by atoms with Gasteiger partial charge in [0.2, 0.25) is 11.8 Å². The zero-order chi connectivity index (χ0) is 14.9. The summed E-state index contributed by atoms with van der Waals surface area (Å²) in [5.74, 6) is -0.0673. The van der Waals surface area contributed by atoms with Gasteiger partial charge in [0.05, 0.1) is 6.10 Å². The average Bonchev–Trinajstić information content (AvgIpc) is 3.14. The van der Waals surface area contributed by atoms with Crippen LogP contribution in [0.1, 0.15) is 25.7 Å². The second kappa shape index (κ2) is 5.93. The first-order chi connectivity index (χ1) is 10.1. The molecule has 0 aromatic heterocycles. The van der Waals surface area contributed by atoms with E-state index in [1.807, 2.05) is 4.90 Å². The zero-order valence-electron chi connectivity index (χ0n) is 12.8. The van der Waals surface area contributed by atoms with Crippen LogP contribution in [0.3, 0.4) is 0 Å². The molecule has 0 spiro atoms. The maximum absolute atomic E-state index is 12.6. The second-order valence-corrected chi connectivity index (χ2v) is 6.52. The van der Waals surface area contributed by atoms with Crippen molar-refractivity contribution in [1.82, 2.24) is 15.1 Å². The summed E-state index contributed by atoms with van der Waals surface area (Å²) in [5, 5.41) is 2.93. The minimum absolute atomic E-state index is 0.0282. The van der Waals surface area contributed by atoms with Crippen molar-refractivity contribution in [3.8, 4) is 0 Å². The number of nitrogens with zero attached hydrogens (tertiary/aromatic N) is 2. The Bertz CT molecular complexity index is 408. The smallest absolute Gasteiger partial charge is 0.238 e. The van der Waals surface area contributed by atoms with Crippen LogP contribution in [0.2, 0.25) is 0 Å².